The molecule has 0 fully saturated rings. The summed E-state index contributed by atoms with van der Waals surface area (Å²) in [7, 11) is 1.78. The highest BCUT2D eigenvalue weighted by Gasteiger charge is 2.12. The molecule has 2 aromatic heterocycles. The molecule has 0 radical (unpaired) electrons. The number of nitrogens with zero attached hydrogens (tertiary/aromatic N) is 4. The first-order chi connectivity index (χ1) is 6.16. The van der Waals surface area contributed by atoms with Crippen LogP contribution in [0.4, 0.5) is 5.69 Å². The van der Waals surface area contributed by atoms with Gasteiger partial charge < -0.3 is 10.3 Å². The van der Waals surface area contributed by atoms with Gasteiger partial charge in [0.15, 0.2) is 5.69 Å². The number of hydrogen-bond donors (Lipinski definition) is 1. The Hall–Kier alpha value is -1.85. The lowest BCUT2D eigenvalue weighted by Crippen LogP contribution is -1.90. The number of anilines is 1. The first-order valence-electron chi connectivity index (χ1n) is 3.76. The van der Waals surface area contributed by atoms with Gasteiger partial charge in [0.25, 0.3) is 0 Å². The molecule has 0 bridgehead atoms. The van der Waals surface area contributed by atoms with Gasteiger partial charge in [0.1, 0.15) is 0 Å². The van der Waals surface area contributed by atoms with Gasteiger partial charge in [-0.3, -0.25) is 4.68 Å². The molecule has 0 amide bonds. The largest absolute Gasteiger partial charge is 0.396 e. The molecule has 0 atom stereocenters. The fourth-order valence-electron chi connectivity index (χ4n) is 1.08. The molecule has 2 heterocycles. The average Bonchev–Trinajstić information content (AvgIpc) is 2.58. The quantitative estimate of drug-likeness (QED) is 0.683. The van der Waals surface area contributed by atoms with Crippen LogP contribution in [0.3, 0.4) is 0 Å². The lowest BCUT2D eigenvalue weighted by molar-refractivity contribution is 0.394. The van der Waals surface area contributed by atoms with Crippen LogP contribution < -0.4 is 5.73 Å². The van der Waals surface area contributed by atoms with E-state index in [1.165, 1.54) is 0 Å². The lowest BCUT2D eigenvalue weighted by atomic mass is 10.4. The molecule has 68 valence electrons. The van der Waals surface area contributed by atoms with Crippen molar-refractivity contribution in [1.82, 2.24) is 19.9 Å². The number of aryl methyl sites for hydroxylation is 2. The Morgan fingerprint density at radius 1 is 1.54 bits per heavy atom. The number of nitrogen functional groups attached to an aromatic ring is 1. The predicted octanol–water partition coefficient (Wildman–Crippen LogP) is 0.361. The van der Waals surface area contributed by atoms with E-state index in [2.05, 4.69) is 15.2 Å². The molecule has 0 aromatic carbocycles. The smallest absolute Gasteiger partial charge is 0.225 e. The van der Waals surface area contributed by atoms with Crippen LogP contribution in [0.15, 0.2) is 10.7 Å². The van der Waals surface area contributed by atoms with Gasteiger partial charge in [-0.15, -0.1) is 0 Å². The summed E-state index contributed by atoms with van der Waals surface area (Å²) in [6, 6.07) is 0. The van der Waals surface area contributed by atoms with Crippen molar-refractivity contribution in [3.05, 3.63) is 12.1 Å². The third kappa shape index (κ3) is 1.26. The van der Waals surface area contributed by atoms with Crippen LogP contribution >= 0.6 is 0 Å². The van der Waals surface area contributed by atoms with Crippen LogP contribution in [0.25, 0.3) is 11.5 Å². The Balaban J connectivity index is 2.51. The molecule has 13 heavy (non-hydrogen) atoms. The molecule has 0 spiro atoms. The van der Waals surface area contributed by atoms with Gasteiger partial charge in [-0.2, -0.15) is 10.1 Å². The van der Waals surface area contributed by atoms with Gasteiger partial charge in [0.05, 0.1) is 5.69 Å². The fourth-order valence-corrected chi connectivity index (χ4v) is 1.08. The normalized spacial score (nSPS) is 10.6. The van der Waals surface area contributed by atoms with Crippen molar-refractivity contribution < 1.29 is 4.52 Å². The molecule has 2 aromatic rings. The average molecular weight is 179 g/mol. The molecule has 6 nitrogen and oxygen atoms in total. The molecule has 2 rings (SSSR count). The Morgan fingerprint density at radius 2 is 2.31 bits per heavy atom. The molecule has 0 aliphatic carbocycles. The summed E-state index contributed by atoms with van der Waals surface area (Å²) in [5.74, 6) is 0.927. The molecule has 0 aliphatic heterocycles. The van der Waals surface area contributed by atoms with Crippen molar-refractivity contribution in [1.29, 1.82) is 0 Å². The predicted molar refractivity (Wildman–Crippen MR) is 45.6 cm³/mol. The van der Waals surface area contributed by atoms with Gasteiger partial charge in [-0.1, -0.05) is 5.16 Å². The maximum Gasteiger partial charge on any atom is 0.225 e. The number of hydrogen-bond acceptors (Lipinski definition) is 5. The summed E-state index contributed by atoms with van der Waals surface area (Å²) in [6.07, 6.45) is 1.70. The second-order valence-corrected chi connectivity index (χ2v) is 2.74. The molecular weight excluding hydrogens is 170 g/mol. The van der Waals surface area contributed by atoms with Gasteiger partial charge in [0.2, 0.25) is 11.7 Å². The van der Waals surface area contributed by atoms with Crippen molar-refractivity contribution in [3.8, 4) is 11.5 Å². The van der Waals surface area contributed by atoms with Crippen LogP contribution in [0, 0.1) is 6.92 Å². The minimum absolute atomic E-state index is 0.426. The monoisotopic (exact) mass is 179 g/mol. The molecule has 6 heteroatoms. The zero-order valence-electron chi connectivity index (χ0n) is 7.35. The molecule has 2 N–H and O–H groups in total. The summed E-state index contributed by atoms with van der Waals surface area (Å²) in [6.45, 7) is 1.72. The Kier molecular flexibility index (Phi) is 1.54. The zero-order chi connectivity index (χ0) is 9.42. The van der Waals surface area contributed by atoms with E-state index in [1.807, 2.05) is 0 Å². The van der Waals surface area contributed by atoms with E-state index in [4.69, 9.17) is 10.3 Å². The van der Waals surface area contributed by atoms with Crippen molar-refractivity contribution >= 4 is 5.69 Å². The minimum atomic E-state index is 0.426. The number of aromatic nitrogens is 4. The van der Waals surface area contributed by atoms with Crippen molar-refractivity contribution in [2.45, 2.75) is 6.92 Å². The first-order valence-corrected chi connectivity index (χ1v) is 3.76. The van der Waals surface area contributed by atoms with Crippen LogP contribution in [0.1, 0.15) is 5.89 Å². The SMILES string of the molecule is Cc1nc(-c2nn(C)cc2N)no1. The Morgan fingerprint density at radius 3 is 2.77 bits per heavy atom. The van der Waals surface area contributed by atoms with Crippen LogP contribution in [-0.2, 0) is 7.05 Å². The van der Waals surface area contributed by atoms with Gasteiger partial charge in [0, 0.05) is 20.2 Å². The molecule has 0 unspecified atom stereocenters. The van der Waals surface area contributed by atoms with Gasteiger partial charge >= 0.3 is 0 Å². The molecule has 0 saturated carbocycles. The van der Waals surface area contributed by atoms with E-state index in [-0.39, 0.29) is 0 Å². The van der Waals surface area contributed by atoms with Crippen LogP contribution in [0.2, 0.25) is 0 Å². The van der Waals surface area contributed by atoms with E-state index >= 15 is 0 Å². The topological polar surface area (TPSA) is 82.8 Å². The summed E-state index contributed by atoms with van der Waals surface area (Å²) in [5, 5.41) is 7.82. The highest BCUT2D eigenvalue weighted by Crippen LogP contribution is 2.19. The third-order valence-electron chi connectivity index (χ3n) is 1.60. The van der Waals surface area contributed by atoms with Crippen LogP contribution in [0.5, 0.6) is 0 Å². The molecule has 0 saturated heterocycles. The number of nitrogens with two attached hydrogens (primary N) is 1. The number of rotatable bonds is 1. The van der Waals surface area contributed by atoms with E-state index < -0.39 is 0 Å². The second kappa shape index (κ2) is 2.58. The summed E-state index contributed by atoms with van der Waals surface area (Å²) >= 11 is 0. The van der Waals surface area contributed by atoms with Crippen molar-refractivity contribution in [2.24, 2.45) is 7.05 Å². The van der Waals surface area contributed by atoms with E-state index in [0.29, 0.717) is 23.1 Å². The molecule has 0 aliphatic rings. The highest BCUT2D eigenvalue weighted by atomic mass is 16.5. The van der Waals surface area contributed by atoms with Crippen molar-refractivity contribution in [3.63, 3.8) is 0 Å². The Bertz CT molecular complexity index is 430. The van der Waals surface area contributed by atoms with Crippen LogP contribution in [-0.4, -0.2) is 19.9 Å². The third-order valence-corrected chi connectivity index (χ3v) is 1.60. The second-order valence-electron chi connectivity index (χ2n) is 2.74. The highest BCUT2D eigenvalue weighted by molar-refractivity contribution is 5.65. The van der Waals surface area contributed by atoms with Gasteiger partial charge in [-0.05, 0) is 0 Å². The van der Waals surface area contributed by atoms with E-state index in [0.717, 1.165) is 0 Å². The van der Waals surface area contributed by atoms with E-state index in [9.17, 15) is 0 Å². The first kappa shape index (κ1) is 7.78. The standard InChI is InChI=1S/C7H9N5O/c1-4-9-7(11-13-4)6-5(8)3-12(2)10-6/h3H,8H2,1-2H3. The maximum atomic E-state index is 5.68. The van der Waals surface area contributed by atoms with E-state index in [1.54, 1.807) is 24.9 Å². The lowest BCUT2D eigenvalue weighted by Gasteiger charge is -1.86. The molecular formula is C7H9N5O. The summed E-state index contributed by atoms with van der Waals surface area (Å²) < 4.78 is 6.42. The van der Waals surface area contributed by atoms with Crippen molar-refractivity contribution in [2.75, 3.05) is 5.73 Å². The summed E-state index contributed by atoms with van der Waals surface area (Å²) in [5.41, 5.74) is 6.78. The Labute approximate surface area is 74.4 Å². The zero-order valence-corrected chi connectivity index (χ0v) is 7.35. The van der Waals surface area contributed by atoms with Gasteiger partial charge in [-0.25, -0.2) is 0 Å². The summed E-state index contributed by atoms with van der Waals surface area (Å²) in [4.78, 5) is 4.02. The fraction of sp³-hybridized carbons (Fsp3) is 0.286. The minimum Gasteiger partial charge on any atom is -0.396 e. The maximum absolute atomic E-state index is 5.68.